The van der Waals surface area contributed by atoms with Gasteiger partial charge in [-0.1, -0.05) is 12.8 Å². The summed E-state index contributed by atoms with van der Waals surface area (Å²) in [6.07, 6.45) is 4.16. The fourth-order valence-electron chi connectivity index (χ4n) is 2.65. The first kappa shape index (κ1) is 17.0. The van der Waals surface area contributed by atoms with Crippen LogP contribution in [0.1, 0.15) is 43.0 Å². The van der Waals surface area contributed by atoms with Crippen LogP contribution in [0.3, 0.4) is 0 Å². The van der Waals surface area contributed by atoms with E-state index in [1.54, 1.807) is 24.3 Å². The number of carbonyl (C=O) groups is 3. The average molecular weight is 317 g/mol. The van der Waals surface area contributed by atoms with Gasteiger partial charge in [-0.05, 0) is 37.1 Å². The molecule has 0 heterocycles. The summed E-state index contributed by atoms with van der Waals surface area (Å²) in [4.78, 5) is 34.7. The smallest absolute Gasteiger partial charge is 0.251 e. The van der Waals surface area contributed by atoms with Gasteiger partial charge < -0.3 is 16.0 Å². The zero-order valence-electron chi connectivity index (χ0n) is 13.4. The van der Waals surface area contributed by atoms with Crippen molar-refractivity contribution in [2.45, 2.75) is 32.6 Å². The van der Waals surface area contributed by atoms with Crippen LogP contribution in [0.25, 0.3) is 0 Å². The Hall–Kier alpha value is -2.37. The van der Waals surface area contributed by atoms with Crippen molar-refractivity contribution in [1.82, 2.24) is 10.6 Å². The molecule has 0 atom stereocenters. The lowest BCUT2D eigenvalue weighted by Gasteiger charge is -2.11. The summed E-state index contributed by atoms with van der Waals surface area (Å²) < 4.78 is 0. The molecule has 0 spiro atoms. The molecule has 0 bridgehead atoms. The number of carbonyl (C=O) groups excluding carboxylic acids is 3. The molecule has 3 N–H and O–H groups in total. The standard InChI is InChI=1S/C17H23N3O3/c1-12(21)18-10-11-19-16(22)14-6-8-15(9-7-14)20-17(23)13-4-2-3-5-13/h6-9,13H,2-5,10-11H2,1H3,(H,18,21)(H,19,22)(H,20,23). The molecule has 2 rings (SSSR count). The second kappa shape index (κ2) is 8.31. The van der Waals surface area contributed by atoms with Crippen LogP contribution >= 0.6 is 0 Å². The van der Waals surface area contributed by atoms with Crippen molar-refractivity contribution in [2.24, 2.45) is 5.92 Å². The average Bonchev–Trinajstić information content (AvgIpc) is 3.06. The van der Waals surface area contributed by atoms with Crippen molar-refractivity contribution < 1.29 is 14.4 Å². The minimum atomic E-state index is -0.205. The Kier molecular flexibility index (Phi) is 6.14. The molecule has 1 aliphatic carbocycles. The summed E-state index contributed by atoms with van der Waals surface area (Å²) in [6, 6.07) is 6.82. The van der Waals surface area contributed by atoms with E-state index in [2.05, 4.69) is 16.0 Å². The maximum atomic E-state index is 12.0. The Morgan fingerprint density at radius 3 is 2.22 bits per heavy atom. The van der Waals surface area contributed by atoms with Crippen molar-refractivity contribution in [2.75, 3.05) is 18.4 Å². The summed E-state index contributed by atoms with van der Waals surface area (Å²) in [5.41, 5.74) is 1.23. The summed E-state index contributed by atoms with van der Waals surface area (Å²) in [6.45, 7) is 2.20. The highest BCUT2D eigenvalue weighted by Crippen LogP contribution is 2.26. The lowest BCUT2D eigenvalue weighted by atomic mass is 10.1. The lowest BCUT2D eigenvalue weighted by molar-refractivity contribution is -0.120. The number of benzene rings is 1. The topological polar surface area (TPSA) is 87.3 Å². The Morgan fingerprint density at radius 1 is 1.00 bits per heavy atom. The van der Waals surface area contributed by atoms with Crippen molar-refractivity contribution in [3.63, 3.8) is 0 Å². The van der Waals surface area contributed by atoms with E-state index >= 15 is 0 Å². The first-order chi connectivity index (χ1) is 11.1. The molecule has 6 heteroatoms. The molecule has 0 aromatic heterocycles. The van der Waals surface area contributed by atoms with E-state index in [1.165, 1.54) is 6.92 Å². The molecule has 1 aromatic rings. The van der Waals surface area contributed by atoms with Crippen LogP contribution in [0.2, 0.25) is 0 Å². The van der Waals surface area contributed by atoms with Crippen molar-refractivity contribution in [3.05, 3.63) is 29.8 Å². The number of nitrogens with one attached hydrogen (secondary N) is 3. The fourth-order valence-corrected chi connectivity index (χ4v) is 2.65. The molecule has 0 aliphatic heterocycles. The van der Waals surface area contributed by atoms with Crippen LogP contribution in [0.5, 0.6) is 0 Å². The van der Waals surface area contributed by atoms with Crippen LogP contribution in [0.4, 0.5) is 5.69 Å². The number of amides is 3. The molecule has 0 unspecified atom stereocenters. The van der Waals surface area contributed by atoms with Gasteiger partial charge in [0.25, 0.3) is 5.91 Å². The quantitative estimate of drug-likeness (QED) is 0.698. The Labute approximate surface area is 136 Å². The van der Waals surface area contributed by atoms with Gasteiger partial charge >= 0.3 is 0 Å². The van der Waals surface area contributed by atoms with E-state index in [0.717, 1.165) is 25.7 Å². The molecule has 6 nitrogen and oxygen atoms in total. The molecule has 0 saturated heterocycles. The molecular weight excluding hydrogens is 294 g/mol. The molecule has 23 heavy (non-hydrogen) atoms. The van der Waals surface area contributed by atoms with Gasteiger partial charge in [0.15, 0.2) is 0 Å². The van der Waals surface area contributed by atoms with E-state index in [9.17, 15) is 14.4 Å². The van der Waals surface area contributed by atoms with E-state index in [1.807, 2.05) is 0 Å². The van der Waals surface area contributed by atoms with Gasteiger partial charge in [0.2, 0.25) is 11.8 Å². The molecule has 124 valence electrons. The zero-order chi connectivity index (χ0) is 16.7. The minimum Gasteiger partial charge on any atom is -0.355 e. The highest BCUT2D eigenvalue weighted by Gasteiger charge is 2.22. The second-order valence-electron chi connectivity index (χ2n) is 5.79. The van der Waals surface area contributed by atoms with Crippen LogP contribution in [-0.2, 0) is 9.59 Å². The normalized spacial score (nSPS) is 14.3. The Morgan fingerprint density at radius 2 is 1.61 bits per heavy atom. The third-order valence-electron chi connectivity index (χ3n) is 3.93. The third-order valence-corrected chi connectivity index (χ3v) is 3.93. The lowest BCUT2D eigenvalue weighted by Crippen LogP contribution is -2.33. The minimum absolute atomic E-state index is 0.0648. The monoisotopic (exact) mass is 317 g/mol. The largest absolute Gasteiger partial charge is 0.355 e. The van der Waals surface area contributed by atoms with Crippen LogP contribution < -0.4 is 16.0 Å². The summed E-state index contributed by atoms with van der Waals surface area (Å²) in [7, 11) is 0. The second-order valence-corrected chi connectivity index (χ2v) is 5.79. The summed E-state index contributed by atoms with van der Waals surface area (Å²) in [5, 5.41) is 8.22. The van der Waals surface area contributed by atoms with Crippen molar-refractivity contribution in [3.8, 4) is 0 Å². The predicted octanol–water partition coefficient (Wildman–Crippen LogP) is 1.68. The van der Waals surface area contributed by atoms with Gasteiger partial charge in [0, 0.05) is 37.2 Å². The molecule has 1 fully saturated rings. The maximum Gasteiger partial charge on any atom is 0.251 e. The summed E-state index contributed by atoms with van der Waals surface area (Å²) >= 11 is 0. The molecule has 1 aliphatic rings. The van der Waals surface area contributed by atoms with E-state index in [-0.39, 0.29) is 23.6 Å². The van der Waals surface area contributed by atoms with Gasteiger partial charge in [-0.25, -0.2) is 0 Å². The zero-order valence-corrected chi connectivity index (χ0v) is 13.4. The highest BCUT2D eigenvalue weighted by atomic mass is 16.2. The SMILES string of the molecule is CC(=O)NCCNC(=O)c1ccc(NC(=O)C2CCCC2)cc1. The summed E-state index contributed by atoms with van der Waals surface area (Å²) in [5.74, 6) is -0.146. The van der Waals surface area contributed by atoms with Gasteiger partial charge in [0.05, 0.1) is 0 Å². The van der Waals surface area contributed by atoms with Gasteiger partial charge in [0.1, 0.15) is 0 Å². The maximum absolute atomic E-state index is 12.0. The molecular formula is C17H23N3O3. The number of rotatable bonds is 6. The Bertz CT molecular complexity index is 563. The molecule has 3 amide bonds. The first-order valence-electron chi connectivity index (χ1n) is 8.00. The number of anilines is 1. The van der Waals surface area contributed by atoms with Crippen molar-refractivity contribution >= 4 is 23.4 Å². The number of hydrogen-bond acceptors (Lipinski definition) is 3. The fraction of sp³-hybridized carbons (Fsp3) is 0.471. The third kappa shape index (κ3) is 5.39. The molecule has 1 saturated carbocycles. The molecule has 1 aromatic carbocycles. The van der Waals surface area contributed by atoms with E-state index < -0.39 is 0 Å². The highest BCUT2D eigenvalue weighted by molar-refractivity contribution is 5.96. The molecule has 0 radical (unpaired) electrons. The van der Waals surface area contributed by atoms with Gasteiger partial charge in [-0.2, -0.15) is 0 Å². The van der Waals surface area contributed by atoms with Crippen LogP contribution in [-0.4, -0.2) is 30.8 Å². The van der Waals surface area contributed by atoms with Crippen molar-refractivity contribution in [1.29, 1.82) is 0 Å². The predicted molar refractivity (Wildman–Crippen MR) is 88.0 cm³/mol. The van der Waals surface area contributed by atoms with Gasteiger partial charge in [-0.15, -0.1) is 0 Å². The first-order valence-corrected chi connectivity index (χ1v) is 8.00. The van der Waals surface area contributed by atoms with Crippen LogP contribution in [0, 0.1) is 5.92 Å². The Balaban J connectivity index is 1.80. The van der Waals surface area contributed by atoms with Crippen LogP contribution in [0.15, 0.2) is 24.3 Å². The number of hydrogen-bond donors (Lipinski definition) is 3. The van der Waals surface area contributed by atoms with E-state index in [0.29, 0.717) is 24.3 Å². The van der Waals surface area contributed by atoms with Gasteiger partial charge in [-0.3, -0.25) is 14.4 Å². The van der Waals surface area contributed by atoms with E-state index in [4.69, 9.17) is 0 Å².